The van der Waals surface area contributed by atoms with Gasteiger partial charge in [0.05, 0.1) is 11.4 Å². The topological polar surface area (TPSA) is 35.1 Å². The van der Waals surface area contributed by atoms with Gasteiger partial charge in [-0.25, -0.2) is 18.7 Å². The fourth-order valence-corrected chi connectivity index (χ4v) is 3.71. The second-order valence-corrected chi connectivity index (χ2v) is 6.62. The molecule has 0 amide bonds. The molecule has 1 aliphatic rings. The maximum absolute atomic E-state index is 14.8. The molecule has 26 heavy (non-hydrogen) atoms. The second-order valence-electron chi connectivity index (χ2n) is 6.62. The number of halogens is 2. The van der Waals surface area contributed by atoms with Crippen LogP contribution in [0.5, 0.6) is 0 Å². The Bertz CT molecular complexity index is 1160. The third kappa shape index (κ3) is 2.11. The van der Waals surface area contributed by atoms with Crippen molar-refractivity contribution in [3.05, 3.63) is 65.9 Å². The van der Waals surface area contributed by atoms with Gasteiger partial charge >= 0.3 is 0 Å². The maximum Gasteiger partial charge on any atom is 0.138 e. The normalized spacial score (nSPS) is 13.5. The number of rotatable bonds is 2. The first-order valence-electron chi connectivity index (χ1n) is 8.61. The Morgan fingerprint density at radius 3 is 2.88 bits per heavy atom. The molecular formula is C20H16F2N4. The Hall–Kier alpha value is -3.02. The van der Waals surface area contributed by atoms with E-state index in [4.69, 9.17) is 4.98 Å². The van der Waals surface area contributed by atoms with E-state index >= 15 is 0 Å². The van der Waals surface area contributed by atoms with Crippen molar-refractivity contribution in [2.75, 3.05) is 0 Å². The number of benzene rings is 1. The molecule has 0 radical (unpaired) electrons. The first-order valence-corrected chi connectivity index (χ1v) is 8.61. The Balaban J connectivity index is 1.79. The van der Waals surface area contributed by atoms with E-state index in [1.807, 2.05) is 28.9 Å². The minimum Gasteiger partial charge on any atom is -0.327 e. The Kier molecular flexibility index (Phi) is 3.22. The fraction of sp³-hybridized carbons (Fsp3) is 0.200. The molecule has 130 valence electrons. The van der Waals surface area contributed by atoms with Crippen molar-refractivity contribution in [2.45, 2.75) is 26.3 Å². The molecule has 5 rings (SSSR count). The van der Waals surface area contributed by atoms with Crippen LogP contribution in [0.25, 0.3) is 28.2 Å². The van der Waals surface area contributed by atoms with Gasteiger partial charge < -0.3 is 8.97 Å². The summed E-state index contributed by atoms with van der Waals surface area (Å²) in [6.07, 6.45) is 7.48. The average Bonchev–Trinajstić information content (AvgIpc) is 3.34. The highest BCUT2D eigenvalue weighted by molar-refractivity contribution is 5.80. The van der Waals surface area contributed by atoms with Gasteiger partial charge in [-0.15, -0.1) is 0 Å². The van der Waals surface area contributed by atoms with Crippen LogP contribution in [-0.2, 0) is 13.0 Å². The SMILES string of the molecule is Cc1c(F)ccc(-c2nc3n(c2-c2ccc4nccn4c2)CCC3)c1F. The standard InChI is InChI=1S/C20H16F2N4/c1-12-15(21)6-5-14(18(12)22)19-20(26-9-2-3-17(26)24-19)13-4-7-16-23-8-10-25(16)11-13/h4-8,10-11H,2-3,9H2,1H3. The Morgan fingerprint density at radius 2 is 2.00 bits per heavy atom. The van der Waals surface area contributed by atoms with Crippen LogP contribution < -0.4 is 0 Å². The average molecular weight is 350 g/mol. The Labute approximate surface area is 148 Å². The quantitative estimate of drug-likeness (QED) is 0.537. The lowest BCUT2D eigenvalue weighted by Crippen LogP contribution is -1.99. The summed E-state index contributed by atoms with van der Waals surface area (Å²) < 4.78 is 32.6. The van der Waals surface area contributed by atoms with E-state index in [0.29, 0.717) is 11.3 Å². The van der Waals surface area contributed by atoms with Gasteiger partial charge in [-0.3, -0.25) is 0 Å². The molecule has 1 aromatic carbocycles. The summed E-state index contributed by atoms with van der Waals surface area (Å²) in [5.74, 6) is -0.145. The summed E-state index contributed by atoms with van der Waals surface area (Å²) in [7, 11) is 0. The third-order valence-corrected chi connectivity index (χ3v) is 5.07. The van der Waals surface area contributed by atoms with Crippen LogP contribution in [0.2, 0.25) is 0 Å². The van der Waals surface area contributed by atoms with Gasteiger partial charge in [0.15, 0.2) is 0 Å². The summed E-state index contributed by atoms with van der Waals surface area (Å²) in [5, 5.41) is 0. The molecule has 0 aliphatic carbocycles. The lowest BCUT2D eigenvalue weighted by atomic mass is 10.0. The van der Waals surface area contributed by atoms with Crippen LogP contribution in [0.1, 0.15) is 17.8 Å². The number of imidazole rings is 2. The van der Waals surface area contributed by atoms with Crippen molar-refractivity contribution in [3.63, 3.8) is 0 Å². The number of aromatic nitrogens is 4. The minimum absolute atomic E-state index is 0.0201. The zero-order valence-corrected chi connectivity index (χ0v) is 14.2. The summed E-state index contributed by atoms with van der Waals surface area (Å²) in [6.45, 7) is 2.30. The van der Waals surface area contributed by atoms with Gasteiger partial charge in [0.25, 0.3) is 0 Å². The molecule has 4 heterocycles. The number of aryl methyl sites for hydroxylation is 1. The summed E-state index contributed by atoms with van der Waals surface area (Å²) in [5.41, 5.74) is 3.59. The van der Waals surface area contributed by atoms with E-state index in [9.17, 15) is 8.78 Å². The monoisotopic (exact) mass is 350 g/mol. The van der Waals surface area contributed by atoms with Crippen LogP contribution in [0, 0.1) is 18.6 Å². The molecule has 0 atom stereocenters. The number of hydrogen-bond donors (Lipinski definition) is 0. The van der Waals surface area contributed by atoms with E-state index in [1.54, 1.807) is 6.20 Å². The number of fused-ring (bicyclic) bond motifs is 2. The number of hydrogen-bond acceptors (Lipinski definition) is 2. The highest BCUT2D eigenvalue weighted by Crippen LogP contribution is 2.37. The summed E-state index contributed by atoms with van der Waals surface area (Å²) in [6, 6.07) is 6.69. The minimum atomic E-state index is -0.549. The lowest BCUT2D eigenvalue weighted by Gasteiger charge is -2.11. The van der Waals surface area contributed by atoms with Gasteiger partial charge in [0.1, 0.15) is 23.1 Å². The van der Waals surface area contributed by atoms with Crippen LogP contribution in [0.15, 0.2) is 42.9 Å². The van der Waals surface area contributed by atoms with Crippen LogP contribution in [0.3, 0.4) is 0 Å². The highest BCUT2D eigenvalue weighted by atomic mass is 19.1. The molecule has 0 fully saturated rings. The van der Waals surface area contributed by atoms with Gasteiger partial charge in [-0.2, -0.15) is 0 Å². The molecule has 4 aromatic rings. The van der Waals surface area contributed by atoms with Crippen molar-refractivity contribution in [3.8, 4) is 22.5 Å². The largest absolute Gasteiger partial charge is 0.327 e. The van der Waals surface area contributed by atoms with Crippen LogP contribution in [-0.4, -0.2) is 18.9 Å². The molecule has 0 unspecified atom stereocenters. The van der Waals surface area contributed by atoms with E-state index in [1.165, 1.54) is 19.1 Å². The Morgan fingerprint density at radius 1 is 1.12 bits per heavy atom. The first-order chi connectivity index (χ1) is 12.6. The van der Waals surface area contributed by atoms with Crippen molar-refractivity contribution in [1.29, 1.82) is 0 Å². The second kappa shape index (κ2) is 5.49. The molecule has 6 heteroatoms. The molecule has 0 saturated heterocycles. The predicted molar refractivity (Wildman–Crippen MR) is 94.8 cm³/mol. The molecule has 0 N–H and O–H groups in total. The number of nitrogens with zero attached hydrogens (tertiary/aromatic N) is 4. The summed E-state index contributed by atoms with van der Waals surface area (Å²) in [4.78, 5) is 8.98. The molecular weight excluding hydrogens is 334 g/mol. The van der Waals surface area contributed by atoms with Crippen molar-refractivity contribution in [1.82, 2.24) is 18.9 Å². The maximum atomic E-state index is 14.8. The van der Waals surface area contributed by atoms with E-state index in [2.05, 4.69) is 9.55 Å². The highest BCUT2D eigenvalue weighted by Gasteiger charge is 2.26. The van der Waals surface area contributed by atoms with Gasteiger partial charge in [-0.1, -0.05) is 0 Å². The molecule has 0 bridgehead atoms. The summed E-state index contributed by atoms with van der Waals surface area (Å²) >= 11 is 0. The zero-order chi connectivity index (χ0) is 17.8. The van der Waals surface area contributed by atoms with E-state index in [-0.39, 0.29) is 5.56 Å². The lowest BCUT2D eigenvalue weighted by molar-refractivity contribution is 0.570. The molecule has 1 aliphatic heterocycles. The van der Waals surface area contributed by atoms with Crippen LogP contribution in [0.4, 0.5) is 8.78 Å². The van der Waals surface area contributed by atoms with Crippen molar-refractivity contribution >= 4 is 5.65 Å². The number of pyridine rings is 1. The third-order valence-electron chi connectivity index (χ3n) is 5.07. The molecule has 0 saturated carbocycles. The first kappa shape index (κ1) is 15.3. The molecule has 0 spiro atoms. The van der Waals surface area contributed by atoms with Gasteiger partial charge in [0.2, 0.25) is 0 Å². The van der Waals surface area contributed by atoms with Gasteiger partial charge in [-0.05, 0) is 37.6 Å². The molecule has 3 aromatic heterocycles. The van der Waals surface area contributed by atoms with E-state index in [0.717, 1.165) is 42.1 Å². The predicted octanol–water partition coefficient (Wildman–Crippen LogP) is 4.40. The zero-order valence-electron chi connectivity index (χ0n) is 14.2. The fourth-order valence-electron chi connectivity index (χ4n) is 3.71. The molecule has 4 nitrogen and oxygen atoms in total. The van der Waals surface area contributed by atoms with E-state index < -0.39 is 11.6 Å². The smallest absolute Gasteiger partial charge is 0.138 e. The van der Waals surface area contributed by atoms with Crippen molar-refractivity contribution in [2.24, 2.45) is 0 Å². The van der Waals surface area contributed by atoms with Crippen LogP contribution >= 0.6 is 0 Å². The van der Waals surface area contributed by atoms with Crippen molar-refractivity contribution < 1.29 is 8.78 Å². The van der Waals surface area contributed by atoms with Gasteiger partial charge in [0, 0.05) is 48.2 Å².